The van der Waals surface area contributed by atoms with Gasteiger partial charge in [0.05, 0.1) is 5.56 Å². The highest BCUT2D eigenvalue weighted by Crippen LogP contribution is 2.32. The standard InChI is InChI=1S/C9H5F4N3S/c10-6-2-4(7-14-8(17)16-15-7)1-5(3-6)9(11,12)13/h1-3H,(H2,14,15,16,17). The number of thiol groups is 1. The maximum atomic E-state index is 13.1. The maximum absolute atomic E-state index is 13.1. The van der Waals surface area contributed by atoms with Crippen LogP contribution in [0.25, 0.3) is 11.4 Å². The van der Waals surface area contributed by atoms with Gasteiger partial charge in [0.2, 0.25) is 0 Å². The van der Waals surface area contributed by atoms with Crippen LogP contribution in [0.4, 0.5) is 17.6 Å². The lowest BCUT2D eigenvalue weighted by atomic mass is 10.1. The summed E-state index contributed by atoms with van der Waals surface area (Å²) in [4.78, 5) is 2.51. The van der Waals surface area contributed by atoms with Crippen LogP contribution in [-0.4, -0.2) is 15.2 Å². The highest BCUT2D eigenvalue weighted by atomic mass is 32.1. The number of benzene rings is 1. The van der Waals surface area contributed by atoms with Crippen LogP contribution in [0.2, 0.25) is 0 Å². The van der Waals surface area contributed by atoms with Crippen molar-refractivity contribution in [1.29, 1.82) is 0 Å². The lowest BCUT2D eigenvalue weighted by Gasteiger charge is -2.07. The SMILES string of the molecule is Fc1cc(-c2nnc(S)[nH]2)cc(C(F)(F)F)c1. The van der Waals surface area contributed by atoms with Crippen LogP contribution in [-0.2, 0) is 6.18 Å². The summed E-state index contributed by atoms with van der Waals surface area (Å²) in [5.74, 6) is -0.966. The van der Waals surface area contributed by atoms with Gasteiger partial charge in [-0.15, -0.1) is 22.8 Å². The Labute approximate surface area is 98.3 Å². The van der Waals surface area contributed by atoms with Crippen molar-refractivity contribution in [2.24, 2.45) is 0 Å². The number of aromatic amines is 1. The number of alkyl halides is 3. The van der Waals surface area contributed by atoms with Gasteiger partial charge in [0.1, 0.15) is 5.82 Å². The molecule has 0 unspecified atom stereocenters. The van der Waals surface area contributed by atoms with Crippen molar-refractivity contribution in [3.63, 3.8) is 0 Å². The fourth-order valence-electron chi connectivity index (χ4n) is 1.27. The predicted octanol–water partition coefficient (Wildman–Crippen LogP) is 2.92. The van der Waals surface area contributed by atoms with Crippen molar-refractivity contribution in [2.75, 3.05) is 0 Å². The fourth-order valence-corrected chi connectivity index (χ4v) is 1.42. The summed E-state index contributed by atoms with van der Waals surface area (Å²) >= 11 is 3.82. The summed E-state index contributed by atoms with van der Waals surface area (Å²) in [5.41, 5.74) is -1.12. The van der Waals surface area contributed by atoms with Crippen molar-refractivity contribution < 1.29 is 17.6 Å². The molecule has 17 heavy (non-hydrogen) atoms. The molecule has 0 atom stereocenters. The summed E-state index contributed by atoms with van der Waals surface area (Å²) in [6, 6.07) is 2.14. The zero-order valence-electron chi connectivity index (χ0n) is 8.09. The smallest absolute Gasteiger partial charge is 0.316 e. The zero-order chi connectivity index (χ0) is 12.6. The second-order valence-corrected chi connectivity index (χ2v) is 3.65. The minimum Gasteiger partial charge on any atom is -0.316 e. The number of aromatic nitrogens is 3. The number of halogens is 4. The zero-order valence-corrected chi connectivity index (χ0v) is 8.98. The highest BCUT2D eigenvalue weighted by Gasteiger charge is 2.31. The Balaban J connectivity index is 2.52. The molecule has 1 aromatic carbocycles. The third kappa shape index (κ3) is 2.57. The van der Waals surface area contributed by atoms with Crippen LogP contribution < -0.4 is 0 Å². The van der Waals surface area contributed by atoms with Crippen molar-refractivity contribution in [2.45, 2.75) is 11.3 Å². The Morgan fingerprint density at radius 2 is 1.82 bits per heavy atom. The topological polar surface area (TPSA) is 41.6 Å². The first-order chi connectivity index (χ1) is 7.86. The highest BCUT2D eigenvalue weighted by molar-refractivity contribution is 7.80. The molecule has 1 heterocycles. The van der Waals surface area contributed by atoms with Crippen molar-refractivity contribution in [3.05, 3.63) is 29.6 Å². The molecule has 0 spiro atoms. The first-order valence-corrected chi connectivity index (χ1v) is 4.81. The predicted molar refractivity (Wildman–Crippen MR) is 54.0 cm³/mol. The van der Waals surface area contributed by atoms with E-state index in [1.807, 2.05) is 0 Å². The van der Waals surface area contributed by atoms with Crippen LogP contribution in [0, 0.1) is 5.82 Å². The second-order valence-electron chi connectivity index (χ2n) is 3.22. The van der Waals surface area contributed by atoms with Gasteiger partial charge in [-0.25, -0.2) is 4.39 Å². The molecular formula is C9H5F4N3S. The number of rotatable bonds is 1. The van der Waals surface area contributed by atoms with E-state index in [0.29, 0.717) is 6.07 Å². The Kier molecular flexibility index (Phi) is 2.82. The molecule has 0 bridgehead atoms. The summed E-state index contributed by atoms with van der Waals surface area (Å²) in [6.45, 7) is 0. The van der Waals surface area contributed by atoms with E-state index in [1.165, 1.54) is 0 Å². The molecule has 0 amide bonds. The van der Waals surface area contributed by atoms with Crippen LogP contribution in [0.1, 0.15) is 5.56 Å². The van der Waals surface area contributed by atoms with E-state index in [1.54, 1.807) is 0 Å². The van der Waals surface area contributed by atoms with Crippen molar-refractivity contribution in [1.82, 2.24) is 15.2 Å². The lowest BCUT2D eigenvalue weighted by Crippen LogP contribution is -2.05. The van der Waals surface area contributed by atoms with E-state index in [0.717, 1.165) is 12.1 Å². The number of hydrogen-bond acceptors (Lipinski definition) is 3. The van der Waals surface area contributed by atoms with Crippen LogP contribution >= 0.6 is 12.6 Å². The Bertz CT molecular complexity index is 549. The van der Waals surface area contributed by atoms with Crippen molar-refractivity contribution in [3.8, 4) is 11.4 Å². The summed E-state index contributed by atoms with van der Waals surface area (Å²) in [6.07, 6.45) is -4.61. The van der Waals surface area contributed by atoms with Crippen molar-refractivity contribution >= 4 is 12.6 Å². The van der Waals surface area contributed by atoms with Crippen LogP contribution in [0.15, 0.2) is 23.4 Å². The molecular weight excluding hydrogens is 258 g/mol. The molecule has 3 nitrogen and oxygen atoms in total. The minimum absolute atomic E-state index is 0.0278. The summed E-state index contributed by atoms with van der Waals surface area (Å²) < 4.78 is 50.4. The summed E-state index contributed by atoms with van der Waals surface area (Å²) in [5, 5.41) is 7.14. The van der Waals surface area contributed by atoms with Gasteiger partial charge < -0.3 is 4.98 Å². The minimum atomic E-state index is -4.61. The van der Waals surface area contributed by atoms with Crippen LogP contribution in [0.3, 0.4) is 0 Å². The Morgan fingerprint density at radius 1 is 1.12 bits per heavy atom. The van der Waals surface area contributed by atoms with E-state index in [4.69, 9.17) is 0 Å². The Morgan fingerprint density at radius 3 is 2.35 bits per heavy atom. The molecule has 1 aromatic heterocycles. The Hall–Kier alpha value is -1.57. The molecule has 0 aliphatic heterocycles. The molecule has 0 saturated carbocycles. The summed E-state index contributed by atoms with van der Waals surface area (Å²) in [7, 11) is 0. The van der Waals surface area contributed by atoms with Gasteiger partial charge in [-0.1, -0.05) is 0 Å². The molecule has 8 heteroatoms. The number of hydrogen-bond donors (Lipinski definition) is 2. The van der Waals surface area contributed by atoms with E-state index in [2.05, 4.69) is 27.8 Å². The van der Waals surface area contributed by atoms with Gasteiger partial charge >= 0.3 is 6.18 Å². The molecule has 2 rings (SSSR count). The molecule has 2 aromatic rings. The lowest BCUT2D eigenvalue weighted by molar-refractivity contribution is -0.137. The monoisotopic (exact) mass is 263 g/mol. The van der Waals surface area contributed by atoms with Gasteiger partial charge in [-0.3, -0.25) is 0 Å². The average molecular weight is 263 g/mol. The van der Waals surface area contributed by atoms with E-state index in [9.17, 15) is 17.6 Å². The number of nitrogens with one attached hydrogen (secondary N) is 1. The van der Waals surface area contributed by atoms with E-state index < -0.39 is 17.6 Å². The third-order valence-corrected chi connectivity index (χ3v) is 2.17. The first-order valence-electron chi connectivity index (χ1n) is 4.36. The van der Waals surface area contributed by atoms with Gasteiger partial charge in [0.25, 0.3) is 0 Å². The number of H-pyrrole nitrogens is 1. The molecule has 0 aliphatic rings. The first kappa shape index (κ1) is 11.9. The normalized spacial score (nSPS) is 11.8. The van der Waals surface area contributed by atoms with E-state index in [-0.39, 0.29) is 16.5 Å². The molecule has 90 valence electrons. The molecule has 0 aliphatic carbocycles. The average Bonchev–Trinajstić information content (AvgIpc) is 2.62. The number of nitrogens with zero attached hydrogens (tertiary/aromatic N) is 2. The fraction of sp³-hybridized carbons (Fsp3) is 0.111. The molecule has 1 N–H and O–H groups in total. The van der Waals surface area contributed by atoms with E-state index >= 15 is 0 Å². The molecule has 0 saturated heterocycles. The third-order valence-electron chi connectivity index (χ3n) is 1.97. The van der Waals surface area contributed by atoms with Crippen LogP contribution in [0.5, 0.6) is 0 Å². The second kappa shape index (κ2) is 4.02. The quantitative estimate of drug-likeness (QED) is 0.613. The van der Waals surface area contributed by atoms with Gasteiger partial charge in [-0.2, -0.15) is 13.2 Å². The largest absolute Gasteiger partial charge is 0.416 e. The van der Waals surface area contributed by atoms with Gasteiger partial charge in [0, 0.05) is 5.56 Å². The molecule has 0 fully saturated rings. The van der Waals surface area contributed by atoms with Gasteiger partial charge in [-0.05, 0) is 18.2 Å². The maximum Gasteiger partial charge on any atom is 0.416 e. The molecule has 0 radical (unpaired) electrons. The van der Waals surface area contributed by atoms with Gasteiger partial charge in [0.15, 0.2) is 11.0 Å².